The Balaban J connectivity index is 1.90. The van der Waals surface area contributed by atoms with Crippen LogP contribution < -0.4 is 16.0 Å². The summed E-state index contributed by atoms with van der Waals surface area (Å²) < 4.78 is 0. The molecule has 0 bridgehead atoms. The van der Waals surface area contributed by atoms with Gasteiger partial charge in [-0.05, 0) is 30.7 Å². The second kappa shape index (κ2) is 7.31. The van der Waals surface area contributed by atoms with E-state index in [9.17, 15) is 9.59 Å². The number of amides is 2. The van der Waals surface area contributed by atoms with Crippen molar-refractivity contribution in [1.29, 1.82) is 0 Å². The highest BCUT2D eigenvalue weighted by Gasteiger charge is 2.22. The minimum Gasteiger partial charge on any atom is -0.352 e. The fraction of sp³-hybridized carbons (Fsp3) is 0.429. The van der Waals surface area contributed by atoms with Crippen molar-refractivity contribution in [3.05, 3.63) is 29.8 Å². The van der Waals surface area contributed by atoms with Gasteiger partial charge in [0.25, 0.3) is 5.91 Å². The number of rotatable bonds is 5. The maximum Gasteiger partial charge on any atom is 0.251 e. The van der Waals surface area contributed by atoms with E-state index in [0.717, 1.165) is 18.1 Å². The molecule has 1 aromatic rings. The topological polar surface area (TPSA) is 70.2 Å². The highest BCUT2D eigenvalue weighted by atomic mass is 32.2. The molecule has 3 N–H and O–H groups in total. The quantitative estimate of drug-likeness (QED) is 0.768. The van der Waals surface area contributed by atoms with E-state index in [2.05, 4.69) is 16.0 Å². The summed E-state index contributed by atoms with van der Waals surface area (Å²) in [7, 11) is 0. The van der Waals surface area contributed by atoms with Gasteiger partial charge in [-0.25, -0.2) is 0 Å². The third kappa shape index (κ3) is 3.98. The first-order chi connectivity index (χ1) is 9.70. The van der Waals surface area contributed by atoms with E-state index in [1.807, 2.05) is 6.92 Å². The van der Waals surface area contributed by atoms with Crippen LogP contribution in [0.2, 0.25) is 0 Å². The zero-order chi connectivity index (χ0) is 14.4. The van der Waals surface area contributed by atoms with Crippen molar-refractivity contribution in [3.63, 3.8) is 0 Å². The molecule has 1 fully saturated rings. The van der Waals surface area contributed by atoms with Gasteiger partial charge in [-0.2, -0.15) is 0 Å². The van der Waals surface area contributed by atoms with Crippen LogP contribution in [0.5, 0.6) is 0 Å². The molecule has 1 aliphatic rings. The van der Waals surface area contributed by atoms with E-state index in [1.165, 1.54) is 0 Å². The van der Waals surface area contributed by atoms with Gasteiger partial charge in [-0.3, -0.25) is 14.9 Å². The van der Waals surface area contributed by atoms with Crippen molar-refractivity contribution in [2.45, 2.75) is 19.4 Å². The Morgan fingerprint density at radius 1 is 1.35 bits per heavy atom. The predicted octanol–water partition coefficient (Wildman–Crippen LogP) is 1.43. The van der Waals surface area contributed by atoms with Gasteiger partial charge < -0.3 is 10.6 Å². The second-order valence-electron chi connectivity index (χ2n) is 4.59. The van der Waals surface area contributed by atoms with Crippen LogP contribution in [0.25, 0.3) is 0 Å². The molecule has 1 aromatic carbocycles. The normalized spacial score (nSPS) is 17.8. The van der Waals surface area contributed by atoms with Crippen LogP contribution in [0.1, 0.15) is 23.7 Å². The van der Waals surface area contributed by atoms with Gasteiger partial charge in [-0.1, -0.05) is 6.92 Å². The average Bonchev–Trinajstić information content (AvgIpc) is 3.00. The summed E-state index contributed by atoms with van der Waals surface area (Å²) in [5, 5.41) is 8.78. The first-order valence-electron chi connectivity index (χ1n) is 6.71. The third-order valence-corrected chi connectivity index (χ3v) is 3.92. The molecule has 1 saturated heterocycles. The Morgan fingerprint density at radius 2 is 2.10 bits per heavy atom. The van der Waals surface area contributed by atoms with Crippen molar-refractivity contribution in [2.24, 2.45) is 0 Å². The first-order valence-corrected chi connectivity index (χ1v) is 7.86. The molecule has 0 aromatic heterocycles. The number of anilines is 1. The fourth-order valence-corrected chi connectivity index (χ4v) is 2.78. The van der Waals surface area contributed by atoms with Crippen LogP contribution >= 0.6 is 11.8 Å². The highest BCUT2D eigenvalue weighted by molar-refractivity contribution is 7.99. The van der Waals surface area contributed by atoms with Crippen LogP contribution in [0.15, 0.2) is 24.3 Å². The van der Waals surface area contributed by atoms with Crippen LogP contribution in [-0.2, 0) is 4.79 Å². The van der Waals surface area contributed by atoms with E-state index >= 15 is 0 Å². The third-order valence-electron chi connectivity index (χ3n) is 2.98. The van der Waals surface area contributed by atoms with E-state index in [0.29, 0.717) is 17.8 Å². The predicted molar refractivity (Wildman–Crippen MR) is 81.9 cm³/mol. The van der Waals surface area contributed by atoms with Crippen LogP contribution in [0.3, 0.4) is 0 Å². The molecule has 0 aliphatic carbocycles. The average molecular weight is 293 g/mol. The number of carbonyl (C=O) groups excluding carboxylic acids is 2. The van der Waals surface area contributed by atoms with Crippen LogP contribution in [0.4, 0.5) is 5.69 Å². The maximum atomic E-state index is 11.9. The van der Waals surface area contributed by atoms with Crippen LogP contribution in [-0.4, -0.2) is 36.0 Å². The molecule has 5 nitrogen and oxygen atoms in total. The van der Waals surface area contributed by atoms with Crippen LogP contribution in [0, 0.1) is 0 Å². The van der Waals surface area contributed by atoms with Gasteiger partial charge in [0.05, 0.1) is 6.04 Å². The number of nitrogens with one attached hydrogen (secondary N) is 3. The molecule has 6 heteroatoms. The van der Waals surface area contributed by atoms with Gasteiger partial charge in [0.15, 0.2) is 0 Å². The van der Waals surface area contributed by atoms with Crippen molar-refractivity contribution >= 4 is 29.3 Å². The number of thioether (sulfide) groups is 1. The molecule has 1 aliphatic heterocycles. The molecule has 0 saturated carbocycles. The van der Waals surface area contributed by atoms with E-state index in [4.69, 9.17) is 0 Å². The molecule has 108 valence electrons. The lowest BCUT2D eigenvalue weighted by Crippen LogP contribution is -2.37. The van der Waals surface area contributed by atoms with E-state index in [-0.39, 0.29) is 17.9 Å². The van der Waals surface area contributed by atoms with Crippen molar-refractivity contribution < 1.29 is 9.59 Å². The summed E-state index contributed by atoms with van der Waals surface area (Å²) in [5.41, 5.74) is 1.31. The number of hydrogen-bond acceptors (Lipinski definition) is 4. The molecular formula is C14H19N3O2S. The maximum absolute atomic E-state index is 11.9. The molecule has 20 heavy (non-hydrogen) atoms. The Labute approximate surface area is 122 Å². The van der Waals surface area contributed by atoms with Gasteiger partial charge in [0, 0.05) is 29.4 Å². The highest BCUT2D eigenvalue weighted by Crippen LogP contribution is 2.14. The zero-order valence-corrected chi connectivity index (χ0v) is 12.3. The lowest BCUT2D eigenvalue weighted by Gasteiger charge is -2.11. The Kier molecular flexibility index (Phi) is 5.43. The molecule has 1 unspecified atom stereocenters. The monoisotopic (exact) mass is 293 g/mol. The summed E-state index contributed by atoms with van der Waals surface area (Å²) in [5.74, 6) is 1.49. The van der Waals surface area contributed by atoms with E-state index < -0.39 is 0 Å². The minimum absolute atomic E-state index is 0.0295. The first kappa shape index (κ1) is 14.9. The SMILES string of the molecule is CCCNC(=O)c1ccc(NC(=O)C2CSCN2)cc1. The van der Waals surface area contributed by atoms with Gasteiger partial charge >= 0.3 is 0 Å². The molecule has 1 atom stereocenters. The Hall–Kier alpha value is -1.53. The Bertz CT molecular complexity index is 470. The largest absolute Gasteiger partial charge is 0.352 e. The zero-order valence-electron chi connectivity index (χ0n) is 11.4. The molecule has 0 spiro atoms. The summed E-state index contributed by atoms with van der Waals surface area (Å²) in [6, 6.07) is 6.81. The standard InChI is InChI=1S/C14H19N3O2S/c1-2-7-15-13(18)10-3-5-11(6-4-10)17-14(19)12-8-20-9-16-12/h3-6,12,16H,2,7-9H2,1H3,(H,15,18)(H,17,19). The molecule has 0 radical (unpaired) electrons. The lowest BCUT2D eigenvalue weighted by atomic mass is 10.2. The smallest absolute Gasteiger partial charge is 0.251 e. The summed E-state index contributed by atoms with van der Waals surface area (Å²) in [6.45, 7) is 2.68. The lowest BCUT2D eigenvalue weighted by molar-refractivity contribution is -0.117. The summed E-state index contributed by atoms with van der Waals surface area (Å²) in [6.07, 6.45) is 0.909. The van der Waals surface area contributed by atoms with Gasteiger partial charge in [0.1, 0.15) is 0 Å². The molecule has 2 rings (SSSR count). The summed E-state index contributed by atoms with van der Waals surface area (Å²) >= 11 is 1.71. The Morgan fingerprint density at radius 3 is 2.70 bits per heavy atom. The van der Waals surface area contributed by atoms with E-state index in [1.54, 1.807) is 36.0 Å². The minimum atomic E-state index is -0.132. The fourth-order valence-electron chi connectivity index (χ4n) is 1.84. The van der Waals surface area contributed by atoms with Gasteiger partial charge in [-0.15, -0.1) is 11.8 Å². The number of benzene rings is 1. The second-order valence-corrected chi connectivity index (χ2v) is 5.62. The van der Waals surface area contributed by atoms with Crippen molar-refractivity contribution in [1.82, 2.24) is 10.6 Å². The number of hydrogen-bond donors (Lipinski definition) is 3. The summed E-state index contributed by atoms with van der Waals surface area (Å²) in [4.78, 5) is 23.6. The number of carbonyl (C=O) groups is 2. The molecule has 1 heterocycles. The van der Waals surface area contributed by atoms with Gasteiger partial charge in [0.2, 0.25) is 5.91 Å². The molecule has 2 amide bonds. The van der Waals surface area contributed by atoms with Crippen molar-refractivity contribution in [3.8, 4) is 0 Å². The van der Waals surface area contributed by atoms with Crippen molar-refractivity contribution in [2.75, 3.05) is 23.5 Å². The molecular weight excluding hydrogens is 274 g/mol.